The largest absolute Gasteiger partial charge is 0.726 e. The smallest absolute Gasteiger partial charge is 0.218 e. The van der Waals surface area contributed by atoms with Gasteiger partial charge in [0.15, 0.2) is 23.7 Å². The van der Waals surface area contributed by atoms with Gasteiger partial charge in [-0.25, -0.2) is 8.42 Å². The van der Waals surface area contributed by atoms with E-state index in [4.69, 9.17) is 42.1 Å². The van der Waals surface area contributed by atoms with Gasteiger partial charge in [0.2, 0.25) is 10.4 Å². The van der Waals surface area contributed by atoms with Crippen molar-refractivity contribution in [2.24, 2.45) is 11.8 Å². The average molecular weight is 614 g/mol. The summed E-state index contributed by atoms with van der Waals surface area (Å²) in [4.78, 5) is 0. The van der Waals surface area contributed by atoms with E-state index < -0.39 is 58.5 Å². The van der Waals surface area contributed by atoms with Crippen LogP contribution in [0.25, 0.3) is 0 Å². The van der Waals surface area contributed by atoms with Crippen LogP contribution in [0, 0.1) is 11.8 Å². The highest BCUT2D eigenvalue weighted by atomic mass is 32.3. The van der Waals surface area contributed by atoms with Crippen LogP contribution in [0.2, 0.25) is 0 Å². The van der Waals surface area contributed by atoms with Crippen molar-refractivity contribution in [1.82, 2.24) is 0 Å². The van der Waals surface area contributed by atoms with Gasteiger partial charge in [0, 0.05) is 11.5 Å². The number of hydrogen-bond donors (Lipinski definition) is 0. The predicted octanol–water partition coefficient (Wildman–Crippen LogP) is 3.16. The molecular formula is C29H41O12S-. The molecule has 0 N–H and O–H groups in total. The molecule has 6 rings (SSSR count). The maximum atomic E-state index is 12.1. The van der Waals surface area contributed by atoms with Gasteiger partial charge in [-0.15, -0.1) is 0 Å². The first kappa shape index (κ1) is 30.8. The van der Waals surface area contributed by atoms with Crippen LogP contribution >= 0.6 is 0 Å². The predicted molar refractivity (Wildman–Crippen MR) is 143 cm³/mol. The van der Waals surface area contributed by atoms with E-state index in [1.54, 1.807) is 13.8 Å². The van der Waals surface area contributed by atoms with Crippen molar-refractivity contribution in [3.05, 3.63) is 35.9 Å². The summed E-state index contributed by atoms with van der Waals surface area (Å²) in [5.41, 5.74) is 0.733. The van der Waals surface area contributed by atoms with Gasteiger partial charge in [0.05, 0.1) is 37.6 Å². The quantitative estimate of drug-likeness (QED) is 0.330. The lowest BCUT2D eigenvalue weighted by atomic mass is 9.83. The molecule has 4 saturated heterocycles. The van der Waals surface area contributed by atoms with Gasteiger partial charge in [-0.2, -0.15) is 0 Å². The Balaban J connectivity index is 1.33. The highest BCUT2D eigenvalue weighted by Crippen LogP contribution is 2.51. The summed E-state index contributed by atoms with van der Waals surface area (Å²) in [5, 5.41) is 0. The van der Waals surface area contributed by atoms with E-state index in [1.165, 1.54) is 0 Å². The highest BCUT2D eigenvalue weighted by molar-refractivity contribution is 7.80. The fourth-order valence-electron chi connectivity index (χ4n) is 7.15. The lowest BCUT2D eigenvalue weighted by Crippen LogP contribution is -2.56. The van der Waals surface area contributed by atoms with E-state index in [-0.39, 0.29) is 36.8 Å². The first-order valence-corrected chi connectivity index (χ1v) is 15.9. The van der Waals surface area contributed by atoms with Crippen molar-refractivity contribution >= 4 is 10.4 Å². The van der Waals surface area contributed by atoms with Crippen molar-refractivity contribution in [3.63, 3.8) is 0 Å². The minimum atomic E-state index is -5.14. The van der Waals surface area contributed by atoms with E-state index >= 15 is 0 Å². The zero-order chi connectivity index (χ0) is 30.1. The second-order valence-electron chi connectivity index (χ2n) is 13.2. The standard InChI is InChI=1S/C29H42O12S/c1-27(2)33-14-20(38-27)22-17(13-19-23(22)40-29(5,6)37-19)12-18-25(41-42(30,31)32)24(21-15-34-28(3,4)39-21)36-26(35-18)16-10-8-7-9-11-16/h7-11,17-26H,12-15H2,1-6H3,(H,30,31,32)/p-1/t17-,18-,19+,20-,21+,22-,23+,24+,25+,26?/m0/s1. The summed E-state index contributed by atoms with van der Waals surface area (Å²) < 4.78 is 90.9. The lowest BCUT2D eigenvalue weighted by molar-refractivity contribution is -0.307. The molecule has 5 fully saturated rings. The lowest BCUT2D eigenvalue weighted by Gasteiger charge is -2.45. The number of hydrogen-bond acceptors (Lipinski definition) is 12. The second-order valence-corrected chi connectivity index (χ2v) is 14.2. The van der Waals surface area contributed by atoms with Crippen molar-refractivity contribution in [2.45, 2.75) is 121 Å². The molecule has 4 heterocycles. The molecule has 1 saturated carbocycles. The van der Waals surface area contributed by atoms with Gasteiger partial charge < -0.3 is 42.4 Å². The molecule has 13 heteroatoms. The van der Waals surface area contributed by atoms with Gasteiger partial charge in [-0.1, -0.05) is 30.3 Å². The Morgan fingerprint density at radius 1 is 0.810 bits per heavy atom. The van der Waals surface area contributed by atoms with Crippen LogP contribution in [0.3, 0.4) is 0 Å². The fraction of sp³-hybridized carbons (Fsp3) is 0.793. The third-order valence-electron chi connectivity index (χ3n) is 8.64. The molecule has 42 heavy (non-hydrogen) atoms. The molecule has 236 valence electrons. The molecule has 5 aliphatic rings. The molecule has 12 nitrogen and oxygen atoms in total. The van der Waals surface area contributed by atoms with Crippen LogP contribution in [-0.2, 0) is 52.5 Å². The maximum Gasteiger partial charge on any atom is 0.218 e. The molecule has 10 atom stereocenters. The average Bonchev–Trinajstić information content (AvgIpc) is 3.59. The van der Waals surface area contributed by atoms with Crippen LogP contribution in [0.15, 0.2) is 30.3 Å². The molecule has 0 bridgehead atoms. The van der Waals surface area contributed by atoms with E-state index in [9.17, 15) is 13.0 Å². The Labute approximate surface area is 247 Å². The van der Waals surface area contributed by atoms with Gasteiger partial charge >= 0.3 is 0 Å². The van der Waals surface area contributed by atoms with Crippen molar-refractivity contribution < 1.29 is 55.0 Å². The normalized spacial score (nSPS) is 42.5. The first-order chi connectivity index (χ1) is 19.6. The summed E-state index contributed by atoms with van der Waals surface area (Å²) in [6.45, 7) is 11.5. The molecule has 0 aromatic heterocycles. The maximum absolute atomic E-state index is 12.1. The van der Waals surface area contributed by atoms with E-state index in [0.717, 1.165) is 5.56 Å². The molecule has 1 aromatic rings. The summed E-state index contributed by atoms with van der Waals surface area (Å²) in [7, 11) is -5.14. The topological polar surface area (TPSA) is 140 Å². The first-order valence-electron chi connectivity index (χ1n) is 14.6. The van der Waals surface area contributed by atoms with Gasteiger partial charge in [-0.05, 0) is 60.3 Å². The summed E-state index contributed by atoms with van der Waals surface area (Å²) in [6.07, 6.45) is -4.49. The fourth-order valence-corrected chi connectivity index (χ4v) is 7.66. The summed E-state index contributed by atoms with van der Waals surface area (Å²) in [5.74, 6) is -2.67. The molecule has 1 aromatic carbocycles. The molecule has 4 aliphatic heterocycles. The minimum absolute atomic E-state index is 0.101. The Bertz CT molecular complexity index is 1220. The minimum Gasteiger partial charge on any atom is -0.726 e. The van der Waals surface area contributed by atoms with E-state index in [2.05, 4.69) is 0 Å². The van der Waals surface area contributed by atoms with Gasteiger partial charge in [0.25, 0.3) is 0 Å². The molecule has 1 unspecified atom stereocenters. The third kappa shape index (κ3) is 6.57. The monoisotopic (exact) mass is 613 g/mol. The molecule has 0 radical (unpaired) electrons. The van der Waals surface area contributed by atoms with Crippen molar-refractivity contribution in [3.8, 4) is 0 Å². The Morgan fingerprint density at radius 3 is 2.02 bits per heavy atom. The van der Waals surface area contributed by atoms with Crippen LogP contribution in [0.1, 0.15) is 66.2 Å². The van der Waals surface area contributed by atoms with E-state index in [1.807, 2.05) is 58.0 Å². The van der Waals surface area contributed by atoms with Crippen molar-refractivity contribution in [2.75, 3.05) is 13.2 Å². The Kier molecular flexibility index (Phi) is 8.05. The highest BCUT2D eigenvalue weighted by Gasteiger charge is 2.59. The molecule has 0 spiro atoms. The van der Waals surface area contributed by atoms with Crippen LogP contribution in [0.4, 0.5) is 0 Å². The van der Waals surface area contributed by atoms with Gasteiger partial charge in [-0.3, -0.25) is 4.18 Å². The van der Waals surface area contributed by atoms with Crippen LogP contribution in [-0.4, -0.2) is 86.3 Å². The Morgan fingerprint density at radius 2 is 1.43 bits per heavy atom. The number of ether oxygens (including phenoxy) is 8. The van der Waals surface area contributed by atoms with Crippen molar-refractivity contribution in [1.29, 1.82) is 0 Å². The SMILES string of the molecule is CC1(C)OC[C@@H]([C@@H]2[C@@H](C[C@@H]3OC(c4ccccc4)O[C@H]([C@H]4COC(C)(C)O4)[C@@H]3OS(=O)(=O)[O-])C[C@H]3OC(C)(C)O[C@@H]23)O1. The molecule has 1 aliphatic carbocycles. The third-order valence-corrected chi connectivity index (χ3v) is 9.10. The number of fused-ring (bicyclic) bond motifs is 1. The number of benzene rings is 1. The zero-order valence-electron chi connectivity index (χ0n) is 24.8. The van der Waals surface area contributed by atoms with Crippen LogP contribution in [0.5, 0.6) is 0 Å². The zero-order valence-corrected chi connectivity index (χ0v) is 25.6. The van der Waals surface area contributed by atoms with Crippen LogP contribution < -0.4 is 0 Å². The summed E-state index contributed by atoms with van der Waals surface area (Å²) in [6, 6.07) is 9.32. The Hall–Kier alpha value is -1.23. The second kappa shape index (κ2) is 11.0. The van der Waals surface area contributed by atoms with E-state index in [0.29, 0.717) is 19.4 Å². The summed E-state index contributed by atoms with van der Waals surface area (Å²) >= 11 is 0. The van der Waals surface area contributed by atoms with Gasteiger partial charge in [0.1, 0.15) is 18.3 Å². The molecule has 0 amide bonds. The number of rotatable bonds is 7. The molecular weight excluding hydrogens is 572 g/mol.